The van der Waals surface area contributed by atoms with Crippen LogP contribution in [0.1, 0.15) is 22.8 Å². The average molecular weight is 291 g/mol. The molecule has 0 amide bonds. The molecule has 0 atom stereocenters. The third-order valence-corrected chi connectivity index (χ3v) is 2.81. The van der Waals surface area contributed by atoms with Crippen molar-refractivity contribution in [2.75, 3.05) is 6.61 Å². The predicted molar refractivity (Wildman–Crippen MR) is 60.7 cm³/mol. The zero-order valence-corrected chi connectivity index (χ0v) is 10.4. The van der Waals surface area contributed by atoms with Crippen LogP contribution < -0.4 is 0 Å². The molecule has 1 rings (SSSR count). The number of esters is 1. The van der Waals surface area contributed by atoms with Crippen molar-refractivity contribution in [2.45, 2.75) is 17.3 Å². The van der Waals surface area contributed by atoms with Gasteiger partial charge in [-0.2, -0.15) is 18.4 Å². The Morgan fingerprint density at radius 1 is 1.53 bits per heavy atom. The van der Waals surface area contributed by atoms with E-state index in [0.29, 0.717) is 0 Å². The summed E-state index contributed by atoms with van der Waals surface area (Å²) < 4.78 is 41.6. The van der Waals surface area contributed by atoms with Crippen LogP contribution in [0.5, 0.6) is 5.75 Å². The van der Waals surface area contributed by atoms with Crippen LogP contribution in [-0.4, -0.2) is 23.2 Å². The molecule has 0 bridgehead atoms. The van der Waals surface area contributed by atoms with Crippen LogP contribution in [0.4, 0.5) is 13.2 Å². The van der Waals surface area contributed by atoms with Gasteiger partial charge < -0.3 is 9.84 Å². The number of ether oxygens (including phenoxy) is 1. The molecule has 0 aliphatic carbocycles. The van der Waals surface area contributed by atoms with Gasteiger partial charge in [-0.1, -0.05) is 0 Å². The van der Waals surface area contributed by atoms with Gasteiger partial charge in [-0.05, 0) is 30.8 Å². The monoisotopic (exact) mass is 291 g/mol. The Morgan fingerprint density at radius 3 is 2.63 bits per heavy atom. The van der Waals surface area contributed by atoms with Crippen LogP contribution in [-0.2, 0) is 4.74 Å². The van der Waals surface area contributed by atoms with Gasteiger partial charge in [-0.3, -0.25) is 0 Å². The molecule has 0 aliphatic heterocycles. The lowest BCUT2D eigenvalue weighted by molar-refractivity contribution is -0.0329. The summed E-state index contributed by atoms with van der Waals surface area (Å²) in [5, 5.41) is 18.4. The fourth-order valence-corrected chi connectivity index (χ4v) is 1.91. The lowest BCUT2D eigenvalue weighted by Gasteiger charge is -2.12. The topological polar surface area (TPSA) is 70.3 Å². The summed E-state index contributed by atoms with van der Waals surface area (Å²) in [7, 11) is 0. The Labute approximate surface area is 110 Å². The Kier molecular flexibility index (Phi) is 4.67. The van der Waals surface area contributed by atoms with Gasteiger partial charge in [0, 0.05) is 0 Å². The van der Waals surface area contributed by atoms with Gasteiger partial charge in [0.1, 0.15) is 17.4 Å². The van der Waals surface area contributed by atoms with Gasteiger partial charge in [0.15, 0.2) is 0 Å². The molecule has 0 saturated carbocycles. The highest BCUT2D eigenvalue weighted by Crippen LogP contribution is 2.44. The minimum absolute atomic E-state index is 0.0139. The molecule has 0 aromatic heterocycles. The van der Waals surface area contributed by atoms with Crippen molar-refractivity contribution in [1.29, 1.82) is 5.26 Å². The summed E-state index contributed by atoms with van der Waals surface area (Å²) >= 11 is -0.652. The molecule has 0 unspecified atom stereocenters. The van der Waals surface area contributed by atoms with Crippen molar-refractivity contribution in [3.05, 3.63) is 23.3 Å². The number of thioether (sulfide) groups is 1. The molecule has 0 radical (unpaired) electrons. The molecule has 102 valence electrons. The molecule has 0 spiro atoms. The summed E-state index contributed by atoms with van der Waals surface area (Å²) in [6, 6.07) is 3.60. The quantitative estimate of drug-likeness (QED) is 0.684. The van der Waals surface area contributed by atoms with Crippen LogP contribution in [0.2, 0.25) is 0 Å². The van der Waals surface area contributed by atoms with Gasteiger partial charge in [-0.15, -0.1) is 0 Å². The second-order valence-corrected chi connectivity index (χ2v) is 4.29. The predicted octanol–water partition coefficient (Wildman–Crippen LogP) is 3.05. The van der Waals surface area contributed by atoms with Gasteiger partial charge >= 0.3 is 11.5 Å². The number of rotatable bonds is 3. The van der Waals surface area contributed by atoms with Crippen LogP contribution in [0.25, 0.3) is 0 Å². The second-order valence-electron chi connectivity index (χ2n) is 3.22. The fourth-order valence-electron chi connectivity index (χ4n) is 1.25. The third kappa shape index (κ3) is 3.79. The summed E-state index contributed by atoms with van der Waals surface area (Å²) in [4.78, 5) is 10.7. The van der Waals surface area contributed by atoms with E-state index in [0.717, 1.165) is 12.1 Å². The van der Waals surface area contributed by atoms with E-state index < -0.39 is 39.4 Å². The Morgan fingerprint density at radius 2 is 2.16 bits per heavy atom. The molecule has 0 aliphatic rings. The van der Waals surface area contributed by atoms with E-state index in [9.17, 15) is 23.1 Å². The standard InChI is InChI=1S/C11H8F3NO3S/c1-2-18-10(17)7-4-3-6(5-15)9(8(7)16)19-11(12,13)14/h3-4,16H,2H2,1H3. The van der Waals surface area contributed by atoms with Gasteiger partial charge in [0.2, 0.25) is 0 Å². The molecule has 1 aromatic rings. The molecule has 0 saturated heterocycles. The van der Waals surface area contributed by atoms with Crippen molar-refractivity contribution >= 4 is 17.7 Å². The van der Waals surface area contributed by atoms with Crippen molar-refractivity contribution in [1.82, 2.24) is 0 Å². The van der Waals surface area contributed by atoms with E-state index in [1.54, 1.807) is 0 Å². The lowest BCUT2D eigenvalue weighted by atomic mass is 10.1. The van der Waals surface area contributed by atoms with Crippen molar-refractivity contribution in [3.63, 3.8) is 0 Å². The molecule has 1 N–H and O–H groups in total. The number of alkyl halides is 3. The van der Waals surface area contributed by atoms with Crippen molar-refractivity contribution in [2.24, 2.45) is 0 Å². The molecular weight excluding hydrogens is 283 g/mol. The number of hydrogen-bond acceptors (Lipinski definition) is 5. The molecular formula is C11H8F3NO3S. The first-order valence-corrected chi connectivity index (χ1v) is 5.80. The van der Waals surface area contributed by atoms with E-state index in [1.807, 2.05) is 0 Å². The Hall–Kier alpha value is -1.88. The molecule has 0 fully saturated rings. The summed E-state index contributed by atoms with van der Waals surface area (Å²) in [6.07, 6.45) is 0. The maximum Gasteiger partial charge on any atom is 0.446 e. The number of carbonyl (C=O) groups excluding carboxylic acids is 1. The summed E-state index contributed by atoms with van der Waals surface area (Å²) in [5.74, 6) is -1.85. The maximum absolute atomic E-state index is 12.3. The number of halogens is 3. The molecule has 1 aromatic carbocycles. The van der Waals surface area contributed by atoms with Gasteiger partial charge in [0.25, 0.3) is 0 Å². The molecule has 4 nitrogen and oxygen atoms in total. The van der Waals surface area contributed by atoms with E-state index >= 15 is 0 Å². The van der Waals surface area contributed by atoms with E-state index in [4.69, 9.17) is 5.26 Å². The van der Waals surface area contributed by atoms with Gasteiger partial charge in [0.05, 0.1) is 17.1 Å². The number of nitriles is 1. The Balaban J connectivity index is 3.31. The fraction of sp³-hybridized carbons (Fsp3) is 0.273. The number of hydrogen-bond donors (Lipinski definition) is 1. The van der Waals surface area contributed by atoms with Gasteiger partial charge in [-0.25, -0.2) is 4.79 Å². The number of phenols is 1. The van der Waals surface area contributed by atoms with E-state index in [2.05, 4.69) is 4.74 Å². The first kappa shape index (κ1) is 15.2. The number of benzene rings is 1. The first-order chi connectivity index (χ1) is 8.80. The molecule has 0 heterocycles. The average Bonchev–Trinajstić information content (AvgIpc) is 2.30. The van der Waals surface area contributed by atoms with Crippen LogP contribution >= 0.6 is 11.8 Å². The molecule has 8 heteroatoms. The highest BCUT2D eigenvalue weighted by atomic mass is 32.2. The normalized spacial score (nSPS) is 10.9. The number of nitrogens with zero attached hydrogens (tertiary/aromatic N) is 1. The highest BCUT2D eigenvalue weighted by Gasteiger charge is 2.33. The summed E-state index contributed by atoms with van der Waals surface area (Å²) in [6.45, 7) is 1.53. The SMILES string of the molecule is CCOC(=O)c1ccc(C#N)c(SC(F)(F)F)c1O. The van der Waals surface area contributed by atoms with Crippen molar-refractivity contribution in [3.8, 4) is 11.8 Å². The smallest absolute Gasteiger partial charge is 0.446 e. The maximum atomic E-state index is 12.3. The first-order valence-electron chi connectivity index (χ1n) is 4.99. The lowest BCUT2D eigenvalue weighted by Crippen LogP contribution is -2.07. The largest absolute Gasteiger partial charge is 0.506 e. The highest BCUT2D eigenvalue weighted by molar-refractivity contribution is 8.00. The minimum Gasteiger partial charge on any atom is -0.506 e. The molecule has 19 heavy (non-hydrogen) atoms. The van der Waals surface area contributed by atoms with E-state index in [-0.39, 0.29) is 12.2 Å². The third-order valence-electron chi connectivity index (χ3n) is 1.97. The zero-order valence-electron chi connectivity index (χ0n) is 9.61. The van der Waals surface area contributed by atoms with E-state index in [1.165, 1.54) is 13.0 Å². The van der Waals surface area contributed by atoms with Crippen LogP contribution in [0, 0.1) is 11.3 Å². The second kappa shape index (κ2) is 5.84. The summed E-state index contributed by atoms with van der Waals surface area (Å²) in [5.41, 5.74) is -5.46. The number of aromatic hydroxyl groups is 1. The number of carbonyl (C=O) groups is 1. The zero-order chi connectivity index (χ0) is 14.6. The van der Waals surface area contributed by atoms with Crippen LogP contribution in [0.15, 0.2) is 17.0 Å². The van der Waals surface area contributed by atoms with Crippen LogP contribution in [0.3, 0.4) is 0 Å². The number of phenolic OH excluding ortho intramolecular Hbond substituents is 1. The minimum atomic E-state index is -4.68. The van der Waals surface area contributed by atoms with Crippen molar-refractivity contribution < 1.29 is 27.8 Å². The Bertz CT molecular complexity index is 537.